The number of primary amides is 1. The van der Waals surface area contributed by atoms with Gasteiger partial charge in [0.15, 0.2) is 4.77 Å². The minimum Gasteiger partial charge on any atom is -0.370 e. The molecule has 128 valence electrons. The third-order valence-electron chi connectivity index (χ3n) is 4.52. The molecule has 1 aromatic carbocycles. The fraction of sp³-hybridized carbons (Fsp3) is 0.375. The number of halogens is 3. The highest BCUT2D eigenvalue weighted by Gasteiger charge is 2.32. The van der Waals surface area contributed by atoms with Crippen molar-refractivity contribution in [1.82, 2.24) is 9.13 Å². The maximum Gasteiger partial charge on any atom is 0.217 e. The van der Waals surface area contributed by atoms with Crippen molar-refractivity contribution in [3.8, 4) is 0 Å². The molecule has 0 saturated heterocycles. The first-order valence-corrected chi connectivity index (χ1v) is 8.28. The maximum absolute atomic E-state index is 14.3. The van der Waals surface area contributed by atoms with Crippen molar-refractivity contribution in [2.75, 3.05) is 0 Å². The number of carbonyl (C=O) groups excluding carboxylic acids is 1. The highest BCUT2D eigenvalue weighted by molar-refractivity contribution is 7.71. The van der Waals surface area contributed by atoms with E-state index in [9.17, 15) is 13.6 Å². The monoisotopic (exact) mass is 371 g/mol. The van der Waals surface area contributed by atoms with Crippen molar-refractivity contribution >= 4 is 29.7 Å². The summed E-state index contributed by atoms with van der Waals surface area (Å²) < 4.78 is 32.7. The van der Waals surface area contributed by atoms with Crippen molar-refractivity contribution < 1.29 is 13.6 Å². The quantitative estimate of drug-likeness (QED) is 0.662. The number of fused-ring (bicyclic) bond motifs is 1. The topological polar surface area (TPSA) is 52.9 Å². The lowest BCUT2D eigenvalue weighted by Gasteiger charge is -2.14. The highest BCUT2D eigenvalue weighted by Crippen LogP contribution is 2.37. The number of carbonyl (C=O) groups is 1. The van der Waals surface area contributed by atoms with Crippen LogP contribution >= 0.6 is 23.8 Å². The standard InChI is InChI=1S/C16H16ClF2N3OS/c1-21-11(4-5-13(20)23)12-6-8(7-22(12)16(21)24)14-10(18)3-2-9(17)15(14)19/h2-3,8H,4-7H2,1H3,(H2,20,23). The van der Waals surface area contributed by atoms with E-state index in [4.69, 9.17) is 29.6 Å². The minimum atomic E-state index is -0.721. The molecule has 1 unspecified atom stereocenters. The first kappa shape index (κ1) is 17.1. The van der Waals surface area contributed by atoms with Crippen LogP contribution in [0.4, 0.5) is 8.78 Å². The number of hydrogen-bond acceptors (Lipinski definition) is 2. The molecule has 1 atom stereocenters. The third kappa shape index (κ3) is 2.75. The smallest absolute Gasteiger partial charge is 0.217 e. The zero-order valence-corrected chi connectivity index (χ0v) is 14.6. The van der Waals surface area contributed by atoms with Crippen molar-refractivity contribution in [2.24, 2.45) is 12.8 Å². The highest BCUT2D eigenvalue weighted by atomic mass is 35.5. The van der Waals surface area contributed by atoms with Gasteiger partial charge < -0.3 is 14.9 Å². The molecule has 8 heteroatoms. The van der Waals surface area contributed by atoms with Gasteiger partial charge in [0.2, 0.25) is 5.91 Å². The van der Waals surface area contributed by atoms with Crippen LogP contribution in [-0.2, 0) is 31.2 Å². The first-order chi connectivity index (χ1) is 11.3. The number of amides is 1. The molecule has 1 aliphatic rings. The Morgan fingerprint density at radius 2 is 2.17 bits per heavy atom. The van der Waals surface area contributed by atoms with Crippen LogP contribution < -0.4 is 5.73 Å². The van der Waals surface area contributed by atoms with E-state index in [-0.39, 0.29) is 22.9 Å². The largest absolute Gasteiger partial charge is 0.370 e. The Hall–Kier alpha value is -1.73. The second-order valence-corrected chi connectivity index (χ2v) is 6.74. The van der Waals surface area contributed by atoms with Crippen LogP contribution in [0.15, 0.2) is 12.1 Å². The van der Waals surface area contributed by atoms with Crippen LogP contribution in [0.25, 0.3) is 0 Å². The van der Waals surface area contributed by atoms with Gasteiger partial charge in [0, 0.05) is 42.9 Å². The van der Waals surface area contributed by atoms with Gasteiger partial charge in [-0.1, -0.05) is 11.6 Å². The lowest BCUT2D eigenvalue weighted by Crippen LogP contribution is -2.13. The van der Waals surface area contributed by atoms with Gasteiger partial charge in [-0.3, -0.25) is 4.79 Å². The van der Waals surface area contributed by atoms with Gasteiger partial charge in [0.05, 0.1) is 5.02 Å². The number of rotatable bonds is 4. The zero-order chi connectivity index (χ0) is 17.6. The molecule has 1 aliphatic heterocycles. The van der Waals surface area contributed by atoms with E-state index in [0.717, 1.165) is 11.4 Å². The summed E-state index contributed by atoms with van der Waals surface area (Å²) in [6.07, 6.45) is 1.09. The summed E-state index contributed by atoms with van der Waals surface area (Å²) in [5, 5.41) is -0.0962. The fourth-order valence-corrected chi connectivity index (χ4v) is 3.82. The Kier molecular flexibility index (Phi) is 4.48. The molecule has 0 fully saturated rings. The number of benzene rings is 1. The molecular weight excluding hydrogens is 356 g/mol. The summed E-state index contributed by atoms with van der Waals surface area (Å²) in [5.41, 5.74) is 6.99. The summed E-state index contributed by atoms with van der Waals surface area (Å²) in [6.45, 7) is 0.382. The molecule has 0 aliphatic carbocycles. The minimum absolute atomic E-state index is 0.0101. The Balaban J connectivity index is 1.99. The molecule has 1 aromatic heterocycles. The van der Waals surface area contributed by atoms with E-state index >= 15 is 0 Å². The van der Waals surface area contributed by atoms with Crippen LogP contribution in [0.5, 0.6) is 0 Å². The number of nitrogens with two attached hydrogens (primary N) is 1. The van der Waals surface area contributed by atoms with Gasteiger partial charge in [-0.2, -0.15) is 0 Å². The maximum atomic E-state index is 14.3. The number of hydrogen-bond donors (Lipinski definition) is 1. The van der Waals surface area contributed by atoms with Gasteiger partial charge in [0.25, 0.3) is 0 Å². The van der Waals surface area contributed by atoms with Crippen LogP contribution in [-0.4, -0.2) is 15.0 Å². The lowest BCUT2D eigenvalue weighted by molar-refractivity contribution is -0.118. The van der Waals surface area contributed by atoms with E-state index in [1.165, 1.54) is 12.1 Å². The van der Waals surface area contributed by atoms with Crippen molar-refractivity contribution in [1.29, 1.82) is 0 Å². The normalized spacial score (nSPS) is 16.4. The average Bonchev–Trinajstić information content (AvgIpc) is 3.02. The Morgan fingerprint density at radius 3 is 2.83 bits per heavy atom. The predicted molar refractivity (Wildman–Crippen MR) is 89.6 cm³/mol. The molecule has 1 amide bonds. The second kappa shape index (κ2) is 6.29. The predicted octanol–water partition coefficient (Wildman–Crippen LogP) is 3.25. The van der Waals surface area contributed by atoms with E-state index in [1.54, 1.807) is 0 Å². The van der Waals surface area contributed by atoms with Crippen LogP contribution in [0.3, 0.4) is 0 Å². The van der Waals surface area contributed by atoms with E-state index in [1.807, 2.05) is 16.2 Å². The summed E-state index contributed by atoms with van der Waals surface area (Å²) in [4.78, 5) is 11.1. The lowest BCUT2D eigenvalue weighted by atomic mass is 9.95. The molecule has 24 heavy (non-hydrogen) atoms. The van der Waals surface area contributed by atoms with Crippen molar-refractivity contribution in [3.63, 3.8) is 0 Å². The number of aromatic nitrogens is 2. The second-order valence-electron chi connectivity index (χ2n) is 5.97. The summed E-state index contributed by atoms with van der Waals surface area (Å²) in [6, 6.07) is 2.39. The average molecular weight is 372 g/mol. The van der Waals surface area contributed by atoms with Crippen LogP contribution in [0, 0.1) is 16.4 Å². The number of nitrogens with zero attached hydrogens (tertiary/aromatic N) is 2. The first-order valence-electron chi connectivity index (χ1n) is 7.50. The van der Waals surface area contributed by atoms with Gasteiger partial charge in [-0.25, -0.2) is 8.78 Å². The molecule has 0 bridgehead atoms. The van der Waals surface area contributed by atoms with E-state index in [0.29, 0.717) is 24.2 Å². The van der Waals surface area contributed by atoms with Gasteiger partial charge in [-0.05, 0) is 37.2 Å². The molecule has 3 rings (SSSR count). The molecular formula is C16H16ClF2N3OS. The van der Waals surface area contributed by atoms with Crippen molar-refractivity contribution in [2.45, 2.75) is 31.7 Å². The Morgan fingerprint density at radius 1 is 1.46 bits per heavy atom. The molecule has 0 spiro atoms. The summed E-state index contributed by atoms with van der Waals surface area (Å²) >= 11 is 11.2. The zero-order valence-electron chi connectivity index (χ0n) is 13.0. The fourth-order valence-electron chi connectivity index (χ4n) is 3.36. The molecule has 2 heterocycles. The molecule has 2 N–H and O–H groups in total. The molecule has 4 nitrogen and oxygen atoms in total. The SMILES string of the molecule is Cn1c(CCC(N)=O)c2n(c1=S)CC(c1c(F)ccc(Cl)c1F)C2. The van der Waals surface area contributed by atoms with E-state index in [2.05, 4.69) is 0 Å². The van der Waals surface area contributed by atoms with Gasteiger partial charge in [-0.15, -0.1) is 0 Å². The Bertz CT molecular complexity index is 890. The van der Waals surface area contributed by atoms with Crippen LogP contribution in [0.1, 0.15) is 29.3 Å². The summed E-state index contributed by atoms with van der Waals surface area (Å²) in [5.74, 6) is -2.11. The summed E-state index contributed by atoms with van der Waals surface area (Å²) in [7, 11) is 1.82. The van der Waals surface area contributed by atoms with Gasteiger partial charge >= 0.3 is 0 Å². The Labute approximate surface area is 147 Å². The molecule has 0 radical (unpaired) electrons. The van der Waals surface area contributed by atoms with Crippen LogP contribution in [0.2, 0.25) is 5.02 Å². The molecule has 2 aromatic rings. The molecule has 0 saturated carbocycles. The van der Waals surface area contributed by atoms with Crippen molar-refractivity contribution in [3.05, 3.63) is 50.5 Å². The number of imidazole rings is 1. The van der Waals surface area contributed by atoms with E-state index < -0.39 is 17.5 Å². The van der Waals surface area contributed by atoms with Gasteiger partial charge in [0.1, 0.15) is 11.6 Å². The third-order valence-corrected chi connectivity index (χ3v) is 5.31.